The molecule has 0 aliphatic heterocycles. The molecule has 6 nitrogen and oxygen atoms in total. The molecular formula is C15H20N4O2S. The minimum absolute atomic E-state index is 0.0111. The average Bonchev–Trinajstić information content (AvgIpc) is 3.09. The van der Waals surface area contributed by atoms with Crippen LogP contribution in [-0.2, 0) is 16.1 Å². The highest BCUT2D eigenvalue weighted by atomic mass is 32.1. The largest absolute Gasteiger partial charge is 0.352 e. The molecule has 2 rings (SSSR count). The summed E-state index contributed by atoms with van der Waals surface area (Å²) in [5.74, 6) is -0.225. The lowest BCUT2D eigenvalue weighted by atomic mass is 10.1. The smallest absolute Gasteiger partial charge is 0.222 e. The number of carbonyl (C=O) groups is 2. The molecule has 0 radical (unpaired) electrons. The van der Waals surface area contributed by atoms with Crippen molar-refractivity contribution in [1.82, 2.24) is 20.2 Å². The second-order valence-corrected chi connectivity index (χ2v) is 6.18. The van der Waals surface area contributed by atoms with E-state index < -0.39 is 0 Å². The van der Waals surface area contributed by atoms with Gasteiger partial charge in [-0.3, -0.25) is 9.59 Å². The first-order valence-electron chi connectivity index (χ1n) is 7.10. The summed E-state index contributed by atoms with van der Waals surface area (Å²) in [6.45, 7) is 4.06. The number of carbonyl (C=O) groups excluding carboxylic acids is 2. The molecule has 0 bridgehead atoms. The summed E-state index contributed by atoms with van der Waals surface area (Å²) in [6, 6.07) is 3.54. The van der Waals surface area contributed by atoms with Crippen molar-refractivity contribution in [2.75, 3.05) is 0 Å². The summed E-state index contributed by atoms with van der Waals surface area (Å²) in [4.78, 5) is 28.5. The molecule has 2 aromatic rings. The van der Waals surface area contributed by atoms with Gasteiger partial charge in [-0.2, -0.15) is 0 Å². The summed E-state index contributed by atoms with van der Waals surface area (Å²) in [5.41, 5.74) is 0. The summed E-state index contributed by atoms with van der Waals surface area (Å²) >= 11 is 1.53. The van der Waals surface area contributed by atoms with Crippen molar-refractivity contribution < 1.29 is 9.59 Å². The Kier molecular flexibility index (Phi) is 5.71. The molecule has 2 atom stereocenters. The van der Waals surface area contributed by atoms with Crippen LogP contribution in [-0.4, -0.2) is 27.4 Å². The molecule has 2 heterocycles. The number of thiophene rings is 1. The third kappa shape index (κ3) is 5.00. The number of hydrogen-bond donors (Lipinski definition) is 2. The van der Waals surface area contributed by atoms with Crippen LogP contribution < -0.4 is 10.6 Å². The molecule has 2 aromatic heterocycles. The van der Waals surface area contributed by atoms with Crippen LogP contribution in [0.15, 0.2) is 36.2 Å². The van der Waals surface area contributed by atoms with Gasteiger partial charge in [0.15, 0.2) is 0 Å². The van der Waals surface area contributed by atoms with Gasteiger partial charge in [-0.25, -0.2) is 4.98 Å². The fourth-order valence-electron chi connectivity index (χ4n) is 2.23. The first-order chi connectivity index (χ1) is 10.5. The van der Waals surface area contributed by atoms with Gasteiger partial charge in [0, 0.05) is 36.8 Å². The van der Waals surface area contributed by atoms with Crippen molar-refractivity contribution in [1.29, 1.82) is 0 Å². The van der Waals surface area contributed by atoms with Crippen LogP contribution in [0.2, 0.25) is 0 Å². The second-order valence-electron chi connectivity index (χ2n) is 5.20. The maximum absolute atomic E-state index is 12.2. The fourth-order valence-corrected chi connectivity index (χ4v) is 3.01. The van der Waals surface area contributed by atoms with Gasteiger partial charge in [-0.15, -0.1) is 11.3 Å². The van der Waals surface area contributed by atoms with Gasteiger partial charge in [0.2, 0.25) is 11.8 Å². The van der Waals surface area contributed by atoms with Crippen molar-refractivity contribution in [3.05, 3.63) is 41.1 Å². The van der Waals surface area contributed by atoms with Gasteiger partial charge >= 0.3 is 0 Å². The molecule has 0 saturated carbocycles. The summed E-state index contributed by atoms with van der Waals surface area (Å²) in [5, 5.41) is 7.71. The number of amides is 2. The van der Waals surface area contributed by atoms with Crippen LogP contribution in [0.5, 0.6) is 0 Å². The zero-order chi connectivity index (χ0) is 15.9. The number of nitrogens with one attached hydrogen (secondary N) is 2. The van der Waals surface area contributed by atoms with E-state index in [-0.39, 0.29) is 30.3 Å². The van der Waals surface area contributed by atoms with Gasteiger partial charge in [-0.1, -0.05) is 6.07 Å². The number of hydrogen-bond acceptors (Lipinski definition) is 4. The molecular weight excluding hydrogens is 300 g/mol. The lowest BCUT2D eigenvalue weighted by Crippen LogP contribution is -2.38. The van der Waals surface area contributed by atoms with Crippen molar-refractivity contribution in [3.63, 3.8) is 0 Å². The number of imidazole rings is 1. The maximum Gasteiger partial charge on any atom is 0.222 e. The zero-order valence-corrected chi connectivity index (χ0v) is 13.5. The third-order valence-electron chi connectivity index (χ3n) is 3.10. The van der Waals surface area contributed by atoms with Crippen LogP contribution in [0.3, 0.4) is 0 Å². The van der Waals surface area contributed by atoms with Gasteiger partial charge in [0.1, 0.15) is 0 Å². The van der Waals surface area contributed by atoms with Crippen molar-refractivity contribution in [2.24, 2.45) is 0 Å². The van der Waals surface area contributed by atoms with Crippen molar-refractivity contribution in [2.45, 2.75) is 38.9 Å². The van der Waals surface area contributed by atoms with Crippen LogP contribution in [0.4, 0.5) is 0 Å². The molecule has 7 heteroatoms. The molecule has 0 spiro atoms. The summed E-state index contributed by atoms with van der Waals surface area (Å²) in [6.07, 6.45) is 5.51. The Labute approximate surface area is 133 Å². The Balaban J connectivity index is 1.89. The predicted octanol–water partition coefficient (Wildman–Crippen LogP) is 1.72. The van der Waals surface area contributed by atoms with Crippen LogP contribution in [0.25, 0.3) is 0 Å². The normalized spacial score (nSPS) is 13.4. The number of nitrogens with zero attached hydrogens (tertiary/aromatic N) is 2. The molecule has 22 heavy (non-hydrogen) atoms. The number of aromatic nitrogens is 2. The molecule has 0 saturated heterocycles. The predicted molar refractivity (Wildman–Crippen MR) is 85.3 cm³/mol. The minimum atomic E-state index is -0.280. The molecule has 0 fully saturated rings. The van der Waals surface area contributed by atoms with Gasteiger partial charge in [0.25, 0.3) is 0 Å². The molecule has 0 aromatic carbocycles. The lowest BCUT2D eigenvalue weighted by molar-refractivity contribution is -0.123. The average molecular weight is 320 g/mol. The first-order valence-corrected chi connectivity index (χ1v) is 7.98. The van der Waals surface area contributed by atoms with E-state index in [1.54, 1.807) is 12.5 Å². The topological polar surface area (TPSA) is 76.0 Å². The molecule has 0 unspecified atom stereocenters. The van der Waals surface area contributed by atoms with E-state index in [2.05, 4.69) is 15.6 Å². The molecule has 0 aliphatic rings. The summed E-state index contributed by atoms with van der Waals surface area (Å²) < 4.78 is 1.91. The minimum Gasteiger partial charge on any atom is -0.352 e. The Morgan fingerprint density at radius 3 is 2.82 bits per heavy atom. The Bertz CT molecular complexity index is 595. The molecule has 0 aliphatic carbocycles. The fraction of sp³-hybridized carbons (Fsp3) is 0.400. The summed E-state index contributed by atoms with van der Waals surface area (Å²) in [7, 11) is 0. The Hall–Kier alpha value is -2.15. The SMILES string of the molecule is CC(=O)N[C@H](CC(=O)N[C@@H](C)Cn1ccnc1)c1cccs1. The van der Waals surface area contributed by atoms with E-state index >= 15 is 0 Å². The number of rotatable bonds is 7. The van der Waals surface area contributed by atoms with E-state index in [0.717, 1.165) is 4.88 Å². The quantitative estimate of drug-likeness (QED) is 0.815. The van der Waals surface area contributed by atoms with E-state index in [0.29, 0.717) is 6.54 Å². The van der Waals surface area contributed by atoms with Crippen molar-refractivity contribution in [3.8, 4) is 0 Å². The van der Waals surface area contributed by atoms with Crippen LogP contribution in [0, 0.1) is 0 Å². The van der Waals surface area contributed by atoms with Gasteiger partial charge in [0.05, 0.1) is 18.8 Å². The molecule has 2 N–H and O–H groups in total. The maximum atomic E-state index is 12.2. The second kappa shape index (κ2) is 7.74. The molecule has 118 valence electrons. The third-order valence-corrected chi connectivity index (χ3v) is 4.09. The van der Waals surface area contributed by atoms with Crippen LogP contribution >= 0.6 is 11.3 Å². The zero-order valence-electron chi connectivity index (χ0n) is 12.7. The van der Waals surface area contributed by atoms with Gasteiger partial charge < -0.3 is 15.2 Å². The highest BCUT2D eigenvalue weighted by Gasteiger charge is 2.19. The monoisotopic (exact) mass is 320 g/mol. The molecule has 2 amide bonds. The van der Waals surface area contributed by atoms with E-state index in [4.69, 9.17) is 0 Å². The van der Waals surface area contributed by atoms with E-state index in [9.17, 15) is 9.59 Å². The van der Waals surface area contributed by atoms with Crippen molar-refractivity contribution >= 4 is 23.2 Å². The standard InChI is InChI=1S/C15H20N4O2S/c1-11(9-19-6-5-16-10-19)17-15(21)8-13(18-12(2)20)14-4-3-7-22-14/h3-7,10-11,13H,8-9H2,1-2H3,(H,17,21)(H,18,20)/t11-,13+/m0/s1. The van der Waals surface area contributed by atoms with Crippen LogP contribution in [0.1, 0.15) is 31.2 Å². The first kappa shape index (κ1) is 16.2. The Morgan fingerprint density at radius 1 is 1.41 bits per heavy atom. The van der Waals surface area contributed by atoms with E-state index in [1.807, 2.05) is 35.2 Å². The highest BCUT2D eigenvalue weighted by molar-refractivity contribution is 7.10. The van der Waals surface area contributed by atoms with E-state index in [1.165, 1.54) is 18.3 Å². The Morgan fingerprint density at radius 2 is 2.23 bits per heavy atom. The lowest BCUT2D eigenvalue weighted by Gasteiger charge is -2.19. The van der Waals surface area contributed by atoms with Gasteiger partial charge in [-0.05, 0) is 18.4 Å². The highest BCUT2D eigenvalue weighted by Crippen LogP contribution is 2.22.